The van der Waals surface area contributed by atoms with Crippen molar-refractivity contribution in [3.63, 3.8) is 0 Å². The molecule has 1 atom stereocenters. The van der Waals surface area contributed by atoms with Crippen molar-refractivity contribution in [3.05, 3.63) is 47.8 Å². The number of nitrogens with zero attached hydrogens (tertiary/aromatic N) is 3. The van der Waals surface area contributed by atoms with Crippen molar-refractivity contribution in [1.82, 2.24) is 19.9 Å². The molecule has 100 valence electrons. The maximum atomic E-state index is 4.35. The number of rotatable bonds is 3. The Labute approximate surface area is 113 Å². The zero-order valence-corrected chi connectivity index (χ0v) is 11.3. The molecular formula is C15H20N4. The van der Waals surface area contributed by atoms with Crippen LogP contribution in [0.3, 0.4) is 0 Å². The fourth-order valence-electron chi connectivity index (χ4n) is 2.65. The number of aromatic nitrogens is 3. The van der Waals surface area contributed by atoms with E-state index in [9.17, 15) is 0 Å². The van der Waals surface area contributed by atoms with Gasteiger partial charge in [0.05, 0.1) is 18.6 Å². The van der Waals surface area contributed by atoms with E-state index in [0.717, 1.165) is 18.8 Å². The lowest BCUT2D eigenvalue weighted by atomic mass is 10.0. The summed E-state index contributed by atoms with van der Waals surface area (Å²) in [7, 11) is 0. The highest BCUT2D eigenvalue weighted by Gasteiger charge is 2.18. The van der Waals surface area contributed by atoms with Gasteiger partial charge in [-0.05, 0) is 37.9 Å². The van der Waals surface area contributed by atoms with Gasteiger partial charge in [-0.15, -0.1) is 0 Å². The van der Waals surface area contributed by atoms with E-state index in [-0.39, 0.29) is 0 Å². The third kappa shape index (κ3) is 2.84. The summed E-state index contributed by atoms with van der Waals surface area (Å²) in [5.74, 6) is 0. The molecule has 1 N–H and O–H groups in total. The molecule has 0 saturated carbocycles. The van der Waals surface area contributed by atoms with Crippen molar-refractivity contribution in [2.24, 2.45) is 0 Å². The molecule has 0 aromatic carbocycles. The number of hydrogen-bond donors (Lipinski definition) is 1. The topological polar surface area (TPSA) is 42.7 Å². The van der Waals surface area contributed by atoms with Crippen molar-refractivity contribution in [2.45, 2.75) is 38.8 Å². The van der Waals surface area contributed by atoms with E-state index in [4.69, 9.17) is 0 Å². The molecule has 2 aromatic heterocycles. The Kier molecular flexibility index (Phi) is 3.60. The van der Waals surface area contributed by atoms with E-state index in [2.05, 4.69) is 32.0 Å². The summed E-state index contributed by atoms with van der Waals surface area (Å²) in [6.07, 6.45) is 9.66. The number of nitrogens with one attached hydrogen (secondary N) is 1. The largest absolute Gasteiger partial charge is 0.329 e. The van der Waals surface area contributed by atoms with Crippen molar-refractivity contribution in [3.8, 4) is 0 Å². The Morgan fingerprint density at radius 2 is 2.26 bits per heavy atom. The highest BCUT2D eigenvalue weighted by atomic mass is 15.1. The van der Waals surface area contributed by atoms with Gasteiger partial charge in [-0.3, -0.25) is 4.98 Å². The van der Waals surface area contributed by atoms with Gasteiger partial charge in [-0.25, -0.2) is 4.98 Å². The number of hydrogen-bond acceptors (Lipinski definition) is 3. The second kappa shape index (κ2) is 5.53. The quantitative estimate of drug-likeness (QED) is 0.917. The van der Waals surface area contributed by atoms with Gasteiger partial charge in [0.1, 0.15) is 0 Å². The zero-order chi connectivity index (χ0) is 13.1. The third-order valence-corrected chi connectivity index (χ3v) is 3.74. The lowest BCUT2D eigenvalue weighted by molar-refractivity contribution is 0.396. The molecule has 1 fully saturated rings. The van der Waals surface area contributed by atoms with Crippen LogP contribution in [0.1, 0.15) is 42.3 Å². The van der Waals surface area contributed by atoms with Gasteiger partial charge in [0.15, 0.2) is 0 Å². The van der Waals surface area contributed by atoms with Gasteiger partial charge in [0, 0.05) is 24.1 Å². The third-order valence-electron chi connectivity index (χ3n) is 3.74. The molecule has 0 radical (unpaired) electrons. The predicted molar refractivity (Wildman–Crippen MR) is 74.9 cm³/mol. The Bertz CT molecular complexity index is 523. The van der Waals surface area contributed by atoms with Gasteiger partial charge in [0.25, 0.3) is 0 Å². The second-order valence-electron chi connectivity index (χ2n) is 5.26. The maximum Gasteiger partial charge on any atom is 0.0951 e. The van der Waals surface area contributed by atoms with Gasteiger partial charge >= 0.3 is 0 Å². The van der Waals surface area contributed by atoms with Crippen LogP contribution in [0.15, 0.2) is 30.9 Å². The summed E-state index contributed by atoms with van der Waals surface area (Å²) in [5.41, 5.74) is 3.57. The lowest BCUT2D eigenvalue weighted by Crippen LogP contribution is -2.28. The lowest BCUT2D eigenvalue weighted by Gasteiger charge is -2.24. The number of piperidine rings is 1. The Morgan fingerprint density at radius 3 is 3.00 bits per heavy atom. The van der Waals surface area contributed by atoms with Crippen molar-refractivity contribution in [1.29, 1.82) is 0 Å². The minimum Gasteiger partial charge on any atom is -0.329 e. The summed E-state index contributed by atoms with van der Waals surface area (Å²) < 4.78 is 2.23. The maximum absolute atomic E-state index is 4.35. The second-order valence-corrected chi connectivity index (χ2v) is 5.26. The Morgan fingerprint density at radius 1 is 1.32 bits per heavy atom. The predicted octanol–water partition coefficient (Wildman–Crippen LogP) is 2.45. The van der Waals surface area contributed by atoms with Gasteiger partial charge in [-0.1, -0.05) is 12.5 Å². The first-order valence-corrected chi connectivity index (χ1v) is 6.98. The van der Waals surface area contributed by atoms with E-state index in [1.165, 1.54) is 30.5 Å². The first-order valence-electron chi connectivity index (χ1n) is 6.98. The summed E-state index contributed by atoms with van der Waals surface area (Å²) in [6, 6.07) is 4.65. The van der Waals surface area contributed by atoms with Gasteiger partial charge in [0.2, 0.25) is 0 Å². The molecule has 1 unspecified atom stereocenters. The van der Waals surface area contributed by atoms with E-state index in [0.29, 0.717) is 6.04 Å². The number of imidazole rings is 1. The molecule has 19 heavy (non-hydrogen) atoms. The normalized spacial score (nSPS) is 19.5. The summed E-state index contributed by atoms with van der Waals surface area (Å²) in [6.45, 7) is 3.97. The molecule has 2 aromatic rings. The van der Waals surface area contributed by atoms with Crippen molar-refractivity contribution in [2.75, 3.05) is 6.54 Å². The first kappa shape index (κ1) is 12.4. The van der Waals surface area contributed by atoms with Gasteiger partial charge < -0.3 is 9.88 Å². The van der Waals surface area contributed by atoms with Crippen LogP contribution in [0.5, 0.6) is 0 Å². The molecule has 3 heterocycles. The van der Waals surface area contributed by atoms with Crippen LogP contribution in [-0.4, -0.2) is 21.1 Å². The molecule has 3 rings (SSSR count). The molecule has 1 saturated heterocycles. The van der Waals surface area contributed by atoms with Crippen LogP contribution in [0, 0.1) is 6.92 Å². The van der Waals surface area contributed by atoms with Crippen molar-refractivity contribution >= 4 is 0 Å². The molecular weight excluding hydrogens is 236 g/mol. The molecule has 0 aliphatic carbocycles. The molecule has 4 nitrogen and oxygen atoms in total. The standard InChI is InChI=1S/C15H20N4/c1-12-5-6-13(8-18-12)10-19-11-16-9-15(19)14-4-2-3-7-17-14/h5-6,8-9,11,14,17H,2-4,7,10H2,1H3. The van der Waals surface area contributed by atoms with Crippen LogP contribution >= 0.6 is 0 Å². The molecule has 0 spiro atoms. The van der Waals surface area contributed by atoms with E-state index in [1.54, 1.807) is 0 Å². The first-order chi connectivity index (χ1) is 9.33. The molecule has 0 amide bonds. The average Bonchev–Trinajstić information content (AvgIpc) is 2.90. The number of aryl methyl sites for hydroxylation is 1. The van der Waals surface area contributed by atoms with Crippen LogP contribution < -0.4 is 5.32 Å². The minimum absolute atomic E-state index is 0.453. The summed E-state index contributed by atoms with van der Waals surface area (Å²) in [5, 5.41) is 3.58. The van der Waals surface area contributed by atoms with Crippen LogP contribution in [0.2, 0.25) is 0 Å². The smallest absolute Gasteiger partial charge is 0.0951 e. The van der Waals surface area contributed by atoms with Crippen LogP contribution in [0.25, 0.3) is 0 Å². The molecule has 0 bridgehead atoms. The van der Waals surface area contributed by atoms with Gasteiger partial charge in [-0.2, -0.15) is 0 Å². The highest BCUT2D eigenvalue weighted by molar-refractivity contribution is 5.16. The van der Waals surface area contributed by atoms with Crippen LogP contribution in [-0.2, 0) is 6.54 Å². The summed E-state index contributed by atoms with van der Waals surface area (Å²) in [4.78, 5) is 8.67. The van der Waals surface area contributed by atoms with Crippen LogP contribution in [0.4, 0.5) is 0 Å². The number of pyridine rings is 1. The highest BCUT2D eigenvalue weighted by Crippen LogP contribution is 2.23. The molecule has 1 aliphatic heterocycles. The van der Waals surface area contributed by atoms with Crippen molar-refractivity contribution < 1.29 is 0 Å². The summed E-state index contributed by atoms with van der Waals surface area (Å²) >= 11 is 0. The fourth-order valence-corrected chi connectivity index (χ4v) is 2.65. The molecule has 4 heteroatoms. The Balaban J connectivity index is 1.77. The fraction of sp³-hybridized carbons (Fsp3) is 0.467. The van der Waals surface area contributed by atoms with E-state index in [1.807, 2.05) is 25.6 Å². The SMILES string of the molecule is Cc1ccc(Cn2cncc2C2CCCCN2)cn1. The monoisotopic (exact) mass is 256 g/mol. The minimum atomic E-state index is 0.453. The zero-order valence-electron chi connectivity index (χ0n) is 11.3. The Hall–Kier alpha value is -1.68. The van der Waals surface area contributed by atoms with E-state index < -0.39 is 0 Å². The average molecular weight is 256 g/mol. The molecule has 1 aliphatic rings. The van der Waals surface area contributed by atoms with E-state index >= 15 is 0 Å².